The summed E-state index contributed by atoms with van der Waals surface area (Å²) < 4.78 is 7.22. The molecule has 0 aliphatic carbocycles. The second-order valence-electron chi connectivity index (χ2n) is 8.92. The number of carbonyl (C=O) groups is 3. The molecule has 2 rings (SSSR count). The van der Waals surface area contributed by atoms with Gasteiger partial charge in [-0.2, -0.15) is 0 Å². The van der Waals surface area contributed by atoms with Crippen LogP contribution in [-0.4, -0.2) is 52.0 Å². The highest BCUT2D eigenvalue weighted by Gasteiger charge is 2.28. The number of imidazole rings is 1. The van der Waals surface area contributed by atoms with Gasteiger partial charge in [0, 0.05) is 12.7 Å². The quantitative estimate of drug-likeness (QED) is 0.288. The average Bonchev–Trinajstić information content (AvgIpc) is 3.28. The molecule has 0 fully saturated rings. The summed E-state index contributed by atoms with van der Waals surface area (Å²) in [5.41, 5.74) is 6.54. The standard InChI is InChI=1S/C27H36N6O4/c1-5-10-20(11-6-2)14-29-24(34)16-33-15-23(30-19-33)32-25(35)22(31-26(36)27(3,4)28)18-37-17-21-12-8-7-9-13-21/h5-13,15,19,22H,1,14,16-18,28H2,2-4H3,(H,29,34)(H,31,36)(H,32,35)/b11-6-,20-10+. The fraction of sp³-hybridized carbons (Fsp3) is 0.333. The Morgan fingerprint density at radius 1 is 1.24 bits per heavy atom. The number of ether oxygens (including phenoxy) is 1. The van der Waals surface area contributed by atoms with Crippen LogP contribution in [0.25, 0.3) is 0 Å². The van der Waals surface area contributed by atoms with Crippen LogP contribution in [0.3, 0.4) is 0 Å². The third-order valence-electron chi connectivity index (χ3n) is 5.02. The molecule has 10 heteroatoms. The van der Waals surface area contributed by atoms with Crippen molar-refractivity contribution in [3.63, 3.8) is 0 Å². The number of hydrogen-bond donors (Lipinski definition) is 4. The van der Waals surface area contributed by atoms with E-state index >= 15 is 0 Å². The molecule has 1 aromatic heterocycles. The Bertz CT molecular complexity index is 1120. The number of benzene rings is 1. The molecule has 1 heterocycles. The van der Waals surface area contributed by atoms with Gasteiger partial charge in [-0.3, -0.25) is 14.4 Å². The van der Waals surface area contributed by atoms with Gasteiger partial charge in [0.25, 0.3) is 5.91 Å². The fourth-order valence-electron chi connectivity index (χ4n) is 3.08. The lowest BCUT2D eigenvalue weighted by molar-refractivity contribution is -0.130. The number of nitrogens with two attached hydrogens (primary N) is 1. The average molecular weight is 509 g/mol. The van der Waals surface area contributed by atoms with Crippen LogP contribution in [-0.2, 0) is 32.3 Å². The molecular weight excluding hydrogens is 472 g/mol. The molecule has 0 spiro atoms. The third-order valence-corrected chi connectivity index (χ3v) is 5.02. The zero-order chi connectivity index (χ0) is 27.3. The number of nitrogens with zero attached hydrogens (tertiary/aromatic N) is 2. The van der Waals surface area contributed by atoms with Gasteiger partial charge in [0.05, 0.1) is 25.1 Å². The first kappa shape index (κ1) is 29.2. The van der Waals surface area contributed by atoms with E-state index in [1.807, 2.05) is 55.5 Å². The van der Waals surface area contributed by atoms with E-state index in [9.17, 15) is 14.4 Å². The van der Waals surface area contributed by atoms with Gasteiger partial charge in [0.2, 0.25) is 11.8 Å². The molecule has 1 atom stereocenters. The highest BCUT2D eigenvalue weighted by Crippen LogP contribution is 2.07. The molecular formula is C27H36N6O4. The summed E-state index contributed by atoms with van der Waals surface area (Å²) in [6.07, 6.45) is 10.2. The Labute approximate surface area is 217 Å². The molecule has 0 bridgehead atoms. The summed E-state index contributed by atoms with van der Waals surface area (Å²) in [5, 5.41) is 8.11. The topological polar surface area (TPSA) is 140 Å². The molecule has 2 aromatic rings. The summed E-state index contributed by atoms with van der Waals surface area (Å²) in [7, 11) is 0. The van der Waals surface area contributed by atoms with Crippen LogP contribution in [0.1, 0.15) is 26.3 Å². The normalized spacial score (nSPS) is 12.7. The first-order valence-electron chi connectivity index (χ1n) is 11.9. The molecule has 10 nitrogen and oxygen atoms in total. The monoisotopic (exact) mass is 508 g/mol. The van der Waals surface area contributed by atoms with Crippen LogP contribution < -0.4 is 21.7 Å². The van der Waals surface area contributed by atoms with E-state index < -0.39 is 23.4 Å². The van der Waals surface area contributed by atoms with Crippen molar-refractivity contribution in [2.45, 2.75) is 45.5 Å². The zero-order valence-electron chi connectivity index (χ0n) is 21.6. The maximum absolute atomic E-state index is 13.0. The van der Waals surface area contributed by atoms with Gasteiger partial charge in [-0.25, -0.2) is 4.98 Å². The van der Waals surface area contributed by atoms with Crippen molar-refractivity contribution in [3.05, 3.63) is 84.9 Å². The van der Waals surface area contributed by atoms with Crippen LogP contribution in [0.15, 0.2) is 79.3 Å². The molecule has 198 valence electrons. The number of anilines is 1. The minimum Gasteiger partial charge on any atom is -0.374 e. The fourth-order valence-corrected chi connectivity index (χ4v) is 3.08. The Morgan fingerprint density at radius 3 is 2.62 bits per heavy atom. The van der Waals surface area contributed by atoms with Gasteiger partial charge < -0.3 is 31.0 Å². The summed E-state index contributed by atoms with van der Waals surface area (Å²) in [6.45, 7) is 9.22. The number of rotatable bonds is 14. The van der Waals surface area contributed by atoms with Crippen LogP contribution in [0.5, 0.6) is 0 Å². The first-order valence-corrected chi connectivity index (χ1v) is 11.9. The Kier molecular flexibility index (Phi) is 11.5. The second kappa shape index (κ2) is 14.5. The Balaban J connectivity index is 1.97. The molecule has 0 saturated heterocycles. The Morgan fingerprint density at radius 2 is 1.97 bits per heavy atom. The van der Waals surface area contributed by atoms with Crippen LogP contribution in [0.2, 0.25) is 0 Å². The van der Waals surface area contributed by atoms with Gasteiger partial charge >= 0.3 is 0 Å². The van der Waals surface area contributed by atoms with Crippen LogP contribution >= 0.6 is 0 Å². The lowest BCUT2D eigenvalue weighted by Gasteiger charge is -2.23. The SMILES string of the molecule is C=C/C=C(\C=C/C)CNC(=O)Cn1cnc(NC(=O)C(COCc2ccccc2)NC(=O)C(C)(C)N)c1. The highest BCUT2D eigenvalue weighted by atomic mass is 16.5. The first-order chi connectivity index (χ1) is 17.6. The van der Waals surface area contributed by atoms with Crippen molar-refractivity contribution in [2.24, 2.45) is 5.73 Å². The Hall–Kier alpha value is -4.02. The van der Waals surface area contributed by atoms with E-state index in [0.717, 1.165) is 11.1 Å². The van der Waals surface area contributed by atoms with Gasteiger partial charge in [0.15, 0.2) is 5.82 Å². The highest BCUT2D eigenvalue weighted by molar-refractivity contribution is 5.98. The van der Waals surface area contributed by atoms with Gasteiger partial charge in [-0.1, -0.05) is 61.2 Å². The zero-order valence-corrected chi connectivity index (χ0v) is 21.6. The minimum absolute atomic E-state index is 0.0157. The lowest BCUT2D eigenvalue weighted by atomic mass is 10.1. The van der Waals surface area contributed by atoms with Crippen molar-refractivity contribution in [1.29, 1.82) is 0 Å². The van der Waals surface area contributed by atoms with Crippen molar-refractivity contribution < 1.29 is 19.1 Å². The van der Waals surface area contributed by atoms with Crippen molar-refractivity contribution in [2.75, 3.05) is 18.5 Å². The largest absolute Gasteiger partial charge is 0.374 e. The molecule has 1 unspecified atom stereocenters. The van der Waals surface area contributed by atoms with Gasteiger partial charge in [-0.15, -0.1) is 0 Å². The van der Waals surface area contributed by atoms with Crippen molar-refractivity contribution in [1.82, 2.24) is 20.2 Å². The number of aromatic nitrogens is 2. The van der Waals surface area contributed by atoms with Crippen LogP contribution in [0, 0.1) is 0 Å². The third kappa shape index (κ3) is 10.6. The summed E-state index contributed by atoms with van der Waals surface area (Å²) in [5.74, 6) is -1.01. The molecule has 1 aromatic carbocycles. The number of amides is 3. The van der Waals surface area contributed by atoms with Gasteiger partial charge in [-0.05, 0) is 31.9 Å². The maximum atomic E-state index is 13.0. The number of carbonyl (C=O) groups excluding carboxylic acids is 3. The smallest absolute Gasteiger partial charge is 0.250 e. The molecule has 3 amide bonds. The van der Waals surface area contributed by atoms with E-state index in [4.69, 9.17) is 10.5 Å². The summed E-state index contributed by atoms with van der Waals surface area (Å²) >= 11 is 0. The van der Waals surface area contributed by atoms with Crippen LogP contribution in [0.4, 0.5) is 5.82 Å². The minimum atomic E-state index is -1.18. The van der Waals surface area contributed by atoms with E-state index in [0.29, 0.717) is 6.54 Å². The van der Waals surface area contributed by atoms with E-state index in [1.165, 1.54) is 12.5 Å². The summed E-state index contributed by atoms with van der Waals surface area (Å²) in [4.78, 5) is 41.8. The van der Waals surface area contributed by atoms with E-state index in [-0.39, 0.29) is 31.5 Å². The molecule has 0 saturated carbocycles. The number of hydrogen-bond acceptors (Lipinski definition) is 6. The molecule has 0 aliphatic heterocycles. The summed E-state index contributed by atoms with van der Waals surface area (Å²) in [6, 6.07) is 8.46. The molecule has 37 heavy (non-hydrogen) atoms. The molecule has 5 N–H and O–H groups in total. The molecule has 0 aliphatic rings. The lowest BCUT2D eigenvalue weighted by Crippen LogP contribution is -2.56. The predicted molar refractivity (Wildman–Crippen MR) is 143 cm³/mol. The van der Waals surface area contributed by atoms with E-state index in [1.54, 1.807) is 24.5 Å². The van der Waals surface area contributed by atoms with E-state index in [2.05, 4.69) is 27.5 Å². The molecule has 0 radical (unpaired) electrons. The second-order valence-corrected chi connectivity index (χ2v) is 8.92. The van der Waals surface area contributed by atoms with Crippen molar-refractivity contribution in [3.8, 4) is 0 Å². The van der Waals surface area contributed by atoms with Crippen molar-refractivity contribution >= 4 is 23.5 Å². The maximum Gasteiger partial charge on any atom is 0.250 e. The number of allylic oxidation sites excluding steroid dienone is 3. The number of nitrogens with one attached hydrogen (secondary N) is 3. The van der Waals surface area contributed by atoms with Gasteiger partial charge in [0.1, 0.15) is 12.6 Å². The predicted octanol–water partition coefficient (Wildman–Crippen LogP) is 2.07.